The molecule has 0 radical (unpaired) electrons. The molecule has 0 saturated carbocycles. The first-order valence-electron chi connectivity index (χ1n) is 6.07. The largest absolute Gasteiger partial charge is 0.493 e. The van der Waals surface area contributed by atoms with E-state index >= 15 is 0 Å². The number of para-hydroxylation sites is 1. The van der Waals surface area contributed by atoms with Crippen LogP contribution >= 0.6 is 0 Å². The molecule has 0 N–H and O–H groups in total. The Hall–Kier alpha value is -1.51. The minimum atomic E-state index is 0.181. The van der Waals surface area contributed by atoms with Gasteiger partial charge in [0.25, 0.3) is 0 Å². The van der Waals surface area contributed by atoms with Crippen molar-refractivity contribution in [2.45, 2.75) is 26.7 Å². The van der Waals surface area contributed by atoms with Gasteiger partial charge in [0, 0.05) is 20.0 Å². The van der Waals surface area contributed by atoms with Crippen molar-refractivity contribution in [1.82, 2.24) is 4.90 Å². The van der Waals surface area contributed by atoms with Crippen LogP contribution in [0.5, 0.6) is 5.75 Å². The van der Waals surface area contributed by atoms with E-state index in [1.807, 2.05) is 45.2 Å². The summed E-state index contributed by atoms with van der Waals surface area (Å²) in [6.45, 7) is 5.35. The topological polar surface area (TPSA) is 29.5 Å². The summed E-state index contributed by atoms with van der Waals surface area (Å²) in [5, 5.41) is 0. The number of benzene rings is 1. The molecule has 0 aliphatic heterocycles. The van der Waals surface area contributed by atoms with Gasteiger partial charge in [-0.15, -0.1) is 0 Å². The minimum absolute atomic E-state index is 0.181. The molecular weight excluding hydrogens is 214 g/mol. The predicted molar refractivity (Wildman–Crippen MR) is 69.2 cm³/mol. The Labute approximate surface area is 103 Å². The van der Waals surface area contributed by atoms with E-state index in [1.54, 1.807) is 4.90 Å². The van der Waals surface area contributed by atoms with Crippen LogP contribution in [0.2, 0.25) is 0 Å². The molecule has 1 aromatic rings. The van der Waals surface area contributed by atoms with Crippen molar-refractivity contribution < 1.29 is 9.53 Å². The van der Waals surface area contributed by atoms with Gasteiger partial charge in [0.1, 0.15) is 5.75 Å². The van der Waals surface area contributed by atoms with Gasteiger partial charge in [-0.25, -0.2) is 0 Å². The van der Waals surface area contributed by atoms with Gasteiger partial charge in [-0.3, -0.25) is 4.79 Å². The number of aryl methyl sites for hydroxylation is 1. The molecular formula is C14H21NO2. The Bertz CT molecular complexity index is 363. The van der Waals surface area contributed by atoms with Gasteiger partial charge in [0.05, 0.1) is 6.61 Å². The summed E-state index contributed by atoms with van der Waals surface area (Å²) in [6, 6.07) is 7.92. The molecule has 1 amide bonds. The molecule has 0 aliphatic rings. The van der Waals surface area contributed by atoms with Gasteiger partial charge >= 0.3 is 0 Å². The second-order valence-corrected chi connectivity index (χ2v) is 4.13. The number of carbonyl (C=O) groups excluding carboxylic acids is 1. The SMILES string of the molecule is CCN(C)C(=O)CCCOc1ccccc1C. The van der Waals surface area contributed by atoms with Gasteiger partial charge in [0.2, 0.25) is 5.91 Å². The van der Waals surface area contributed by atoms with E-state index in [0.717, 1.165) is 24.3 Å². The molecule has 3 heteroatoms. The fraction of sp³-hybridized carbons (Fsp3) is 0.500. The number of carbonyl (C=O) groups is 1. The van der Waals surface area contributed by atoms with Crippen molar-refractivity contribution in [1.29, 1.82) is 0 Å². The third-order valence-electron chi connectivity index (χ3n) is 2.79. The van der Waals surface area contributed by atoms with Crippen molar-refractivity contribution in [3.05, 3.63) is 29.8 Å². The van der Waals surface area contributed by atoms with Crippen LogP contribution in [0.4, 0.5) is 0 Å². The van der Waals surface area contributed by atoms with Gasteiger partial charge < -0.3 is 9.64 Å². The van der Waals surface area contributed by atoms with Crippen LogP contribution in [-0.2, 0) is 4.79 Å². The molecule has 0 bridgehead atoms. The molecule has 1 aromatic carbocycles. The fourth-order valence-electron chi connectivity index (χ4n) is 1.49. The van der Waals surface area contributed by atoms with E-state index in [9.17, 15) is 4.79 Å². The minimum Gasteiger partial charge on any atom is -0.493 e. The van der Waals surface area contributed by atoms with E-state index in [4.69, 9.17) is 4.74 Å². The maximum atomic E-state index is 11.5. The van der Waals surface area contributed by atoms with Crippen LogP contribution in [0, 0.1) is 6.92 Å². The van der Waals surface area contributed by atoms with Crippen LogP contribution in [-0.4, -0.2) is 31.0 Å². The molecule has 17 heavy (non-hydrogen) atoms. The lowest BCUT2D eigenvalue weighted by molar-refractivity contribution is -0.129. The monoisotopic (exact) mass is 235 g/mol. The molecule has 3 nitrogen and oxygen atoms in total. The second-order valence-electron chi connectivity index (χ2n) is 4.13. The molecule has 0 heterocycles. The van der Waals surface area contributed by atoms with Crippen molar-refractivity contribution in [3.8, 4) is 5.75 Å². The van der Waals surface area contributed by atoms with E-state index < -0.39 is 0 Å². The Morgan fingerprint density at radius 1 is 1.35 bits per heavy atom. The number of rotatable bonds is 6. The number of ether oxygens (including phenoxy) is 1. The molecule has 0 unspecified atom stereocenters. The highest BCUT2D eigenvalue weighted by Gasteiger charge is 2.06. The number of amides is 1. The summed E-state index contributed by atoms with van der Waals surface area (Å²) >= 11 is 0. The van der Waals surface area contributed by atoms with Gasteiger partial charge in [-0.1, -0.05) is 18.2 Å². The summed E-state index contributed by atoms with van der Waals surface area (Å²) in [5.74, 6) is 1.09. The van der Waals surface area contributed by atoms with E-state index in [2.05, 4.69) is 0 Å². The first kappa shape index (κ1) is 13.6. The summed E-state index contributed by atoms with van der Waals surface area (Å²) in [4.78, 5) is 13.3. The normalized spacial score (nSPS) is 10.1. The highest BCUT2D eigenvalue weighted by atomic mass is 16.5. The Kier molecular flexibility index (Phi) is 5.53. The maximum Gasteiger partial charge on any atom is 0.222 e. The van der Waals surface area contributed by atoms with Crippen molar-refractivity contribution in [3.63, 3.8) is 0 Å². The third kappa shape index (κ3) is 4.47. The van der Waals surface area contributed by atoms with Gasteiger partial charge in [-0.2, -0.15) is 0 Å². The summed E-state index contributed by atoms with van der Waals surface area (Å²) in [7, 11) is 1.82. The quantitative estimate of drug-likeness (QED) is 0.709. The molecule has 0 spiro atoms. The van der Waals surface area contributed by atoms with E-state index in [0.29, 0.717) is 13.0 Å². The Morgan fingerprint density at radius 2 is 2.06 bits per heavy atom. The van der Waals surface area contributed by atoms with Crippen LogP contribution in [0.25, 0.3) is 0 Å². The summed E-state index contributed by atoms with van der Waals surface area (Å²) < 4.78 is 5.63. The van der Waals surface area contributed by atoms with Crippen molar-refractivity contribution in [2.75, 3.05) is 20.2 Å². The molecule has 0 saturated heterocycles. The summed E-state index contributed by atoms with van der Waals surface area (Å²) in [5.41, 5.74) is 1.13. The number of hydrogen-bond acceptors (Lipinski definition) is 2. The van der Waals surface area contributed by atoms with Gasteiger partial charge in [-0.05, 0) is 31.9 Å². The first-order valence-corrected chi connectivity index (χ1v) is 6.07. The summed E-state index contributed by atoms with van der Waals surface area (Å²) in [6.07, 6.45) is 1.31. The average Bonchev–Trinajstić information content (AvgIpc) is 2.35. The van der Waals surface area contributed by atoms with Gasteiger partial charge in [0.15, 0.2) is 0 Å². The van der Waals surface area contributed by atoms with Crippen LogP contribution in [0.1, 0.15) is 25.3 Å². The smallest absolute Gasteiger partial charge is 0.222 e. The lowest BCUT2D eigenvalue weighted by Crippen LogP contribution is -2.26. The average molecular weight is 235 g/mol. The number of nitrogens with zero attached hydrogens (tertiary/aromatic N) is 1. The molecule has 0 fully saturated rings. The second kappa shape index (κ2) is 6.94. The lowest BCUT2D eigenvalue weighted by Gasteiger charge is -2.14. The fourth-order valence-corrected chi connectivity index (χ4v) is 1.49. The lowest BCUT2D eigenvalue weighted by atomic mass is 10.2. The zero-order valence-corrected chi connectivity index (χ0v) is 10.9. The van der Waals surface area contributed by atoms with E-state index in [-0.39, 0.29) is 5.91 Å². The molecule has 1 rings (SSSR count). The van der Waals surface area contributed by atoms with E-state index in [1.165, 1.54) is 0 Å². The molecule has 0 aliphatic carbocycles. The van der Waals surface area contributed by atoms with Crippen molar-refractivity contribution >= 4 is 5.91 Å². The molecule has 0 aromatic heterocycles. The first-order chi connectivity index (χ1) is 8.15. The Morgan fingerprint density at radius 3 is 2.71 bits per heavy atom. The predicted octanol–water partition coefficient (Wildman–Crippen LogP) is 2.63. The van der Waals surface area contributed by atoms with Crippen LogP contribution in [0.15, 0.2) is 24.3 Å². The third-order valence-corrected chi connectivity index (χ3v) is 2.79. The molecule has 0 atom stereocenters. The van der Waals surface area contributed by atoms with Crippen LogP contribution < -0.4 is 4.74 Å². The van der Waals surface area contributed by atoms with Crippen LogP contribution in [0.3, 0.4) is 0 Å². The standard InChI is InChI=1S/C14H21NO2/c1-4-15(3)14(16)10-7-11-17-13-9-6-5-8-12(13)2/h5-6,8-9H,4,7,10-11H2,1-3H3. The maximum absolute atomic E-state index is 11.5. The molecule has 94 valence electrons. The number of hydrogen-bond donors (Lipinski definition) is 0. The highest BCUT2D eigenvalue weighted by Crippen LogP contribution is 2.16. The van der Waals surface area contributed by atoms with Crippen molar-refractivity contribution in [2.24, 2.45) is 0 Å². The highest BCUT2D eigenvalue weighted by molar-refractivity contribution is 5.75. The zero-order chi connectivity index (χ0) is 12.7. The zero-order valence-electron chi connectivity index (χ0n) is 10.9. The Balaban J connectivity index is 2.25.